The Balaban J connectivity index is 1.89. The van der Waals surface area contributed by atoms with Crippen LogP contribution in [0, 0.1) is 29.1 Å². The van der Waals surface area contributed by atoms with E-state index in [0.29, 0.717) is 17.3 Å². The van der Waals surface area contributed by atoms with Gasteiger partial charge in [0.15, 0.2) is 0 Å². The number of fused-ring (bicyclic) bond motifs is 3. The first kappa shape index (κ1) is 7.21. The summed E-state index contributed by atoms with van der Waals surface area (Å²) in [5.74, 6) is 0.624. The van der Waals surface area contributed by atoms with Crippen LogP contribution in [0.15, 0.2) is 12.2 Å². The minimum Gasteiger partial charge on any atom is -0.296 e. The zero-order valence-corrected chi connectivity index (χ0v) is 7.69. The number of allylic oxidation sites excluding steroid dienone is 2. The maximum absolute atomic E-state index is 11.6. The molecule has 0 unspecified atom stereocenters. The van der Waals surface area contributed by atoms with E-state index in [1.54, 1.807) is 0 Å². The van der Waals surface area contributed by atoms with Crippen molar-refractivity contribution in [2.45, 2.75) is 12.8 Å². The predicted octanol–water partition coefficient (Wildman–Crippen LogP) is 0.471. The molecule has 1 heterocycles. The van der Waals surface area contributed by atoms with Gasteiger partial charge in [-0.25, -0.2) is 0 Å². The van der Waals surface area contributed by atoms with E-state index in [9.17, 15) is 9.59 Å². The molecule has 4 atom stereocenters. The molecule has 2 saturated carbocycles. The number of hydrogen-bond acceptors (Lipinski definition) is 2. The van der Waals surface area contributed by atoms with Crippen LogP contribution in [0.3, 0.4) is 0 Å². The molecule has 14 heavy (non-hydrogen) atoms. The van der Waals surface area contributed by atoms with Gasteiger partial charge in [-0.15, -0.1) is 0 Å². The molecule has 4 aliphatic rings. The van der Waals surface area contributed by atoms with E-state index >= 15 is 0 Å². The molecule has 0 aromatic heterocycles. The summed E-state index contributed by atoms with van der Waals surface area (Å²) in [5.41, 5.74) is 0.336. The van der Waals surface area contributed by atoms with Crippen molar-refractivity contribution in [3.63, 3.8) is 0 Å². The molecule has 0 aromatic carbocycles. The van der Waals surface area contributed by atoms with Crippen LogP contribution in [0.4, 0.5) is 0 Å². The first-order chi connectivity index (χ1) is 6.74. The lowest BCUT2D eigenvalue weighted by Crippen LogP contribution is -2.28. The zero-order chi connectivity index (χ0) is 9.50. The number of imide groups is 1. The van der Waals surface area contributed by atoms with Crippen molar-refractivity contribution >= 4 is 11.8 Å². The van der Waals surface area contributed by atoms with Crippen molar-refractivity contribution in [2.24, 2.45) is 29.1 Å². The topological polar surface area (TPSA) is 46.2 Å². The lowest BCUT2D eigenvalue weighted by Gasteiger charge is -2.15. The molecule has 4 rings (SSSR count). The van der Waals surface area contributed by atoms with Crippen LogP contribution < -0.4 is 5.32 Å². The Morgan fingerprint density at radius 3 is 2.00 bits per heavy atom. The highest BCUT2D eigenvalue weighted by Crippen LogP contribution is 2.72. The van der Waals surface area contributed by atoms with Crippen molar-refractivity contribution < 1.29 is 9.59 Å². The highest BCUT2D eigenvalue weighted by atomic mass is 16.2. The van der Waals surface area contributed by atoms with Gasteiger partial charge in [-0.1, -0.05) is 12.2 Å². The van der Waals surface area contributed by atoms with Gasteiger partial charge in [-0.2, -0.15) is 0 Å². The maximum atomic E-state index is 11.6. The van der Waals surface area contributed by atoms with Crippen LogP contribution in [0.5, 0.6) is 0 Å². The fourth-order valence-corrected chi connectivity index (χ4v) is 4.00. The lowest BCUT2D eigenvalue weighted by atomic mass is 9.85. The molecule has 0 aromatic rings. The van der Waals surface area contributed by atoms with Crippen LogP contribution >= 0.6 is 0 Å². The third kappa shape index (κ3) is 0.527. The Hall–Kier alpha value is -1.12. The Kier molecular flexibility index (Phi) is 0.932. The molecule has 1 N–H and O–H groups in total. The van der Waals surface area contributed by atoms with Gasteiger partial charge < -0.3 is 0 Å². The molecule has 2 amide bonds. The Morgan fingerprint density at radius 2 is 1.57 bits per heavy atom. The number of hydrogen-bond donors (Lipinski definition) is 1. The Labute approximate surface area is 81.5 Å². The molecule has 3 fully saturated rings. The molecule has 1 aliphatic heterocycles. The summed E-state index contributed by atoms with van der Waals surface area (Å²) in [5, 5.41) is 2.47. The van der Waals surface area contributed by atoms with Crippen LogP contribution in [-0.4, -0.2) is 11.8 Å². The number of rotatable bonds is 0. The van der Waals surface area contributed by atoms with Crippen LogP contribution in [0.1, 0.15) is 12.8 Å². The van der Waals surface area contributed by atoms with Gasteiger partial charge in [0.1, 0.15) is 0 Å². The van der Waals surface area contributed by atoms with Crippen LogP contribution in [0.25, 0.3) is 0 Å². The molecule has 3 aliphatic carbocycles. The smallest absolute Gasteiger partial charge is 0.231 e. The maximum Gasteiger partial charge on any atom is 0.231 e. The third-order valence-corrected chi connectivity index (χ3v) is 4.69. The quantitative estimate of drug-likeness (QED) is 0.445. The molecule has 1 saturated heterocycles. The highest BCUT2D eigenvalue weighted by molar-refractivity contribution is 6.06. The first-order valence-electron chi connectivity index (χ1n) is 5.27. The number of amides is 2. The fraction of sp³-hybridized carbons (Fsp3) is 0.636. The number of carbonyl (C=O) groups is 2. The molecule has 2 bridgehead atoms. The SMILES string of the molecule is O=C1NC(=O)[C@H]2[C@H]1[C@@H]1C=C[C@@H]2C12CC2. The summed E-state index contributed by atoms with van der Waals surface area (Å²) in [6, 6.07) is 0. The standard InChI is InChI=1S/C11H11NO2/c13-9-7-5-1-2-6(11(5)3-4-11)8(7)10(14)12-9/h1-2,5-8H,3-4H2,(H,12,13,14)/t5-,6-,7+,8+/m0/s1. The van der Waals surface area contributed by atoms with Crippen LogP contribution in [-0.2, 0) is 9.59 Å². The zero-order valence-electron chi connectivity index (χ0n) is 7.69. The van der Waals surface area contributed by atoms with Gasteiger partial charge >= 0.3 is 0 Å². The summed E-state index contributed by atoms with van der Waals surface area (Å²) in [7, 11) is 0. The van der Waals surface area contributed by atoms with Crippen molar-refractivity contribution in [3.05, 3.63) is 12.2 Å². The lowest BCUT2D eigenvalue weighted by molar-refractivity contribution is -0.127. The molecular formula is C11H11NO2. The molecule has 1 spiro atoms. The normalized spacial score (nSPS) is 50.0. The van der Waals surface area contributed by atoms with Crippen molar-refractivity contribution in [2.75, 3.05) is 0 Å². The van der Waals surface area contributed by atoms with Gasteiger partial charge in [0.2, 0.25) is 11.8 Å². The number of carbonyl (C=O) groups excluding carboxylic acids is 2. The summed E-state index contributed by atoms with van der Waals surface area (Å²) in [4.78, 5) is 23.2. The third-order valence-electron chi connectivity index (χ3n) is 4.69. The van der Waals surface area contributed by atoms with E-state index in [0.717, 1.165) is 0 Å². The Bertz CT molecular complexity index is 362. The summed E-state index contributed by atoms with van der Waals surface area (Å²) in [6.45, 7) is 0. The second-order valence-corrected chi connectivity index (χ2v) is 5.07. The van der Waals surface area contributed by atoms with E-state index in [4.69, 9.17) is 0 Å². The summed E-state index contributed by atoms with van der Waals surface area (Å²) < 4.78 is 0. The van der Waals surface area contributed by atoms with Gasteiger partial charge in [-0.3, -0.25) is 14.9 Å². The molecule has 3 heteroatoms. The number of nitrogens with one attached hydrogen (secondary N) is 1. The highest BCUT2D eigenvalue weighted by Gasteiger charge is 2.71. The van der Waals surface area contributed by atoms with Crippen molar-refractivity contribution in [3.8, 4) is 0 Å². The predicted molar refractivity (Wildman–Crippen MR) is 47.9 cm³/mol. The van der Waals surface area contributed by atoms with Crippen LogP contribution in [0.2, 0.25) is 0 Å². The van der Waals surface area contributed by atoms with Crippen molar-refractivity contribution in [1.82, 2.24) is 5.32 Å². The minimum absolute atomic E-state index is 0.0249. The molecule has 3 nitrogen and oxygen atoms in total. The fourth-order valence-electron chi connectivity index (χ4n) is 4.00. The molecule has 0 radical (unpaired) electrons. The van der Waals surface area contributed by atoms with Crippen molar-refractivity contribution in [1.29, 1.82) is 0 Å². The second-order valence-electron chi connectivity index (χ2n) is 5.07. The first-order valence-corrected chi connectivity index (χ1v) is 5.27. The van der Waals surface area contributed by atoms with Gasteiger partial charge in [0, 0.05) is 0 Å². The second kappa shape index (κ2) is 1.81. The summed E-state index contributed by atoms with van der Waals surface area (Å²) >= 11 is 0. The van der Waals surface area contributed by atoms with Gasteiger partial charge in [-0.05, 0) is 30.1 Å². The van der Waals surface area contributed by atoms with Gasteiger partial charge in [0.05, 0.1) is 11.8 Å². The van der Waals surface area contributed by atoms with Gasteiger partial charge in [0.25, 0.3) is 0 Å². The molecule has 72 valence electrons. The minimum atomic E-state index is -0.0278. The Morgan fingerprint density at radius 1 is 1.07 bits per heavy atom. The summed E-state index contributed by atoms with van der Waals surface area (Å²) in [6.07, 6.45) is 6.78. The monoisotopic (exact) mass is 189 g/mol. The average Bonchev–Trinajstić information content (AvgIpc) is 2.72. The van der Waals surface area contributed by atoms with E-state index in [2.05, 4.69) is 17.5 Å². The van der Waals surface area contributed by atoms with E-state index in [1.807, 2.05) is 0 Å². The average molecular weight is 189 g/mol. The molecular weight excluding hydrogens is 178 g/mol. The van der Waals surface area contributed by atoms with E-state index in [-0.39, 0.29) is 23.7 Å². The van der Waals surface area contributed by atoms with E-state index in [1.165, 1.54) is 12.8 Å². The largest absolute Gasteiger partial charge is 0.296 e. The van der Waals surface area contributed by atoms with E-state index < -0.39 is 0 Å².